The molecule has 0 fully saturated rings. The van der Waals surface area contributed by atoms with Crippen molar-refractivity contribution in [3.63, 3.8) is 0 Å². The molecule has 0 N–H and O–H groups in total. The molecule has 0 amide bonds. The fourth-order valence-corrected chi connectivity index (χ4v) is 1.70. The van der Waals surface area contributed by atoms with Crippen molar-refractivity contribution >= 4 is 5.78 Å². The van der Waals surface area contributed by atoms with E-state index in [0.29, 0.717) is 36.3 Å². The maximum atomic E-state index is 13.3. The standard InChI is InChI=1S/C11H11FO2/c1-2-7-9(12)4-3-8-10(13)5-6-14-11(7)8/h3-4H,2,5-6H2,1H3. The molecular weight excluding hydrogens is 183 g/mol. The number of hydrogen-bond donors (Lipinski definition) is 0. The fraction of sp³-hybridized carbons (Fsp3) is 0.364. The number of halogens is 1. The molecular formula is C11H11FO2. The minimum absolute atomic E-state index is 0.0425. The summed E-state index contributed by atoms with van der Waals surface area (Å²) in [6.45, 7) is 2.21. The highest BCUT2D eigenvalue weighted by Gasteiger charge is 2.22. The van der Waals surface area contributed by atoms with Crippen molar-refractivity contribution in [3.05, 3.63) is 29.1 Å². The summed E-state index contributed by atoms with van der Waals surface area (Å²) in [4.78, 5) is 11.5. The highest BCUT2D eigenvalue weighted by atomic mass is 19.1. The first-order valence-corrected chi connectivity index (χ1v) is 4.71. The largest absolute Gasteiger partial charge is 0.492 e. The zero-order chi connectivity index (χ0) is 10.1. The molecule has 1 aliphatic heterocycles. The highest BCUT2D eigenvalue weighted by Crippen LogP contribution is 2.31. The third-order valence-corrected chi connectivity index (χ3v) is 2.43. The third-order valence-electron chi connectivity index (χ3n) is 2.43. The number of ketones is 1. The summed E-state index contributed by atoms with van der Waals surface area (Å²) in [6, 6.07) is 2.84. The Morgan fingerprint density at radius 1 is 1.50 bits per heavy atom. The minimum Gasteiger partial charge on any atom is -0.492 e. The summed E-state index contributed by atoms with van der Waals surface area (Å²) in [5.74, 6) is 0.200. The number of fused-ring (bicyclic) bond motifs is 1. The Balaban J connectivity index is 2.61. The van der Waals surface area contributed by atoms with Gasteiger partial charge in [0.05, 0.1) is 12.2 Å². The zero-order valence-corrected chi connectivity index (χ0v) is 7.97. The van der Waals surface area contributed by atoms with Gasteiger partial charge < -0.3 is 4.74 Å². The summed E-state index contributed by atoms with van der Waals surface area (Å²) in [5.41, 5.74) is 1.03. The predicted octanol–water partition coefficient (Wildman–Crippen LogP) is 2.35. The number of benzene rings is 1. The maximum Gasteiger partial charge on any atom is 0.170 e. The Labute approximate surface area is 81.7 Å². The average Bonchev–Trinajstić information content (AvgIpc) is 2.18. The summed E-state index contributed by atoms with van der Waals surface area (Å²) in [5, 5.41) is 0. The summed E-state index contributed by atoms with van der Waals surface area (Å²) in [7, 11) is 0. The highest BCUT2D eigenvalue weighted by molar-refractivity contribution is 6.00. The average molecular weight is 194 g/mol. The first-order valence-electron chi connectivity index (χ1n) is 4.71. The SMILES string of the molecule is CCc1c(F)ccc2c1OCCC2=O. The molecule has 2 rings (SSSR count). The van der Waals surface area contributed by atoms with Gasteiger partial charge in [0, 0.05) is 12.0 Å². The van der Waals surface area contributed by atoms with Crippen LogP contribution in [0, 0.1) is 5.82 Å². The van der Waals surface area contributed by atoms with Crippen molar-refractivity contribution in [2.75, 3.05) is 6.61 Å². The lowest BCUT2D eigenvalue weighted by atomic mass is 9.99. The lowest BCUT2D eigenvalue weighted by Crippen LogP contribution is -2.17. The van der Waals surface area contributed by atoms with Crippen LogP contribution in [0.5, 0.6) is 5.75 Å². The van der Waals surface area contributed by atoms with E-state index in [2.05, 4.69) is 0 Å². The molecule has 14 heavy (non-hydrogen) atoms. The van der Waals surface area contributed by atoms with E-state index in [1.165, 1.54) is 12.1 Å². The fourth-order valence-electron chi connectivity index (χ4n) is 1.70. The Morgan fingerprint density at radius 2 is 2.29 bits per heavy atom. The van der Waals surface area contributed by atoms with E-state index in [1.807, 2.05) is 6.92 Å². The topological polar surface area (TPSA) is 26.3 Å². The summed E-state index contributed by atoms with van der Waals surface area (Å²) < 4.78 is 18.6. The lowest BCUT2D eigenvalue weighted by molar-refractivity contribution is 0.0932. The molecule has 1 heterocycles. The number of ether oxygens (including phenoxy) is 1. The van der Waals surface area contributed by atoms with Gasteiger partial charge in [-0.05, 0) is 18.6 Å². The van der Waals surface area contributed by atoms with Crippen LogP contribution in [-0.2, 0) is 6.42 Å². The van der Waals surface area contributed by atoms with Crippen molar-refractivity contribution in [3.8, 4) is 5.75 Å². The van der Waals surface area contributed by atoms with Crippen LogP contribution in [0.2, 0.25) is 0 Å². The number of carbonyl (C=O) groups excluding carboxylic acids is 1. The third kappa shape index (κ3) is 1.29. The van der Waals surface area contributed by atoms with Crippen molar-refractivity contribution < 1.29 is 13.9 Å². The van der Waals surface area contributed by atoms with Gasteiger partial charge in [0.2, 0.25) is 0 Å². The Kier molecular flexibility index (Phi) is 2.23. The molecule has 1 aliphatic rings. The van der Waals surface area contributed by atoms with Crippen LogP contribution in [0.25, 0.3) is 0 Å². The van der Waals surface area contributed by atoms with Crippen LogP contribution in [0.1, 0.15) is 29.3 Å². The first kappa shape index (κ1) is 9.19. The second-order valence-electron chi connectivity index (χ2n) is 3.28. The van der Waals surface area contributed by atoms with Crippen molar-refractivity contribution in [1.29, 1.82) is 0 Å². The van der Waals surface area contributed by atoms with Gasteiger partial charge in [-0.25, -0.2) is 4.39 Å². The van der Waals surface area contributed by atoms with Crippen LogP contribution >= 0.6 is 0 Å². The van der Waals surface area contributed by atoms with Crippen LogP contribution < -0.4 is 4.74 Å². The van der Waals surface area contributed by atoms with Gasteiger partial charge in [-0.15, -0.1) is 0 Å². The normalized spacial score (nSPS) is 14.9. The quantitative estimate of drug-likeness (QED) is 0.686. The van der Waals surface area contributed by atoms with Gasteiger partial charge in [0.1, 0.15) is 11.6 Å². The van der Waals surface area contributed by atoms with Crippen LogP contribution in [0.3, 0.4) is 0 Å². The van der Waals surface area contributed by atoms with Gasteiger partial charge in [-0.1, -0.05) is 6.92 Å². The monoisotopic (exact) mass is 194 g/mol. The molecule has 0 aliphatic carbocycles. The molecule has 3 heteroatoms. The molecule has 2 nitrogen and oxygen atoms in total. The van der Waals surface area contributed by atoms with Crippen molar-refractivity contribution in [2.24, 2.45) is 0 Å². The molecule has 0 unspecified atom stereocenters. The molecule has 0 aromatic heterocycles. The second kappa shape index (κ2) is 3.40. The van der Waals surface area contributed by atoms with Crippen molar-refractivity contribution in [1.82, 2.24) is 0 Å². The molecule has 0 saturated carbocycles. The Hall–Kier alpha value is -1.38. The van der Waals surface area contributed by atoms with Crippen LogP contribution in [0.4, 0.5) is 4.39 Å². The number of rotatable bonds is 1. The first-order chi connectivity index (χ1) is 6.74. The smallest absolute Gasteiger partial charge is 0.170 e. The van der Waals surface area contributed by atoms with E-state index in [-0.39, 0.29) is 11.6 Å². The Bertz CT molecular complexity index is 385. The van der Waals surface area contributed by atoms with E-state index in [1.54, 1.807) is 0 Å². The maximum absolute atomic E-state index is 13.3. The van der Waals surface area contributed by atoms with Crippen LogP contribution in [0.15, 0.2) is 12.1 Å². The molecule has 74 valence electrons. The van der Waals surface area contributed by atoms with E-state index in [0.717, 1.165) is 0 Å². The van der Waals surface area contributed by atoms with Gasteiger partial charge in [-0.2, -0.15) is 0 Å². The minimum atomic E-state index is -0.291. The van der Waals surface area contributed by atoms with E-state index < -0.39 is 0 Å². The number of hydrogen-bond acceptors (Lipinski definition) is 2. The summed E-state index contributed by atoms with van der Waals surface area (Å²) in [6.07, 6.45) is 0.935. The number of Topliss-reactive ketones (excluding diaryl/α,β-unsaturated/α-hetero) is 1. The number of carbonyl (C=O) groups is 1. The Morgan fingerprint density at radius 3 is 3.00 bits per heavy atom. The molecule has 0 atom stereocenters. The van der Waals surface area contributed by atoms with Crippen molar-refractivity contribution in [2.45, 2.75) is 19.8 Å². The molecule has 0 spiro atoms. The zero-order valence-electron chi connectivity index (χ0n) is 7.97. The van der Waals surface area contributed by atoms with Gasteiger partial charge >= 0.3 is 0 Å². The second-order valence-corrected chi connectivity index (χ2v) is 3.28. The molecule has 1 aromatic rings. The van der Waals surface area contributed by atoms with Gasteiger partial charge in [0.15, 0.2) is 5.78 Å². The van der Waals surface area contributed by atoms with Gasteiger partial charge in [0.25, 0.3) is 0 Å². The molecule has 0 saturated heterocycles. The lowest BCUT2D eigenvalue weighted by Gasteiger charge is -2.19. The van der Waals surface area contributed by atoms with E-state index >= 15 is 0 Å². The van der Waals surface area contributed by atoms with E-state index in [9.17, 15) is 9.18 Å². The van der Waals surface area contributed by atoms with E-state index in [4.69, 9.17) is 4.74 Å². The molecule has 1 aromatic carbocycles. The molecule has 0 radical (unpaired) electrons. The molecule has 0 bridgehead atoms. The predicted molar refractivity (Wildman–Crippen MR) is 50.2 cm³/mol. The van der Waals surface area contributed by atoms with Gasteiger partial charge in [-0.3, -0.25) is 4.79 Å². The summed E-state index contributed by atoms with van der Waals surface area (Å²) >= 11 is 0. The van der Waals surface area contributed by atoms with Crippen LogP contribution in [-0.4, -0.2) is 12.4 Å².